The summed E-state index contributed by atoms with van der Waals surface area (Å²) in [6.45, 7) is 13.8. The average molecular weight is 496 g/mol. The SMILES string of the molecule is Cc1cc(C)c2c(c1C)c1c3c(ccc4c5cc(CC(C)(C)C)ccc5n2c43)c(-c2ccccc2)c[n+]1C. The Kier molecular flexibility index (Phi) is 4.77. The number of aryl methyl sites for hydroxylation is 4. The molecule has 0 unspecified atom stereocenters. The molecule has 7 rings (SSSR count). The van der Waals surface area contributed by atoms with Gasteiger partial charge in [-0.1, -0.05) is 75.4 Å². The minimum Gasteiger partial charge on any atom is -0.307 e. The highest BCUT2D eigenvalue weighted by Gasteiger charge is 2.27. The molecule has 0 spiro atoms. The smallest absolute Gasteiger partial charge is 0.224 e. The standard InChI is InChI=1S/C36H35N2/c1-21-17-22(2)33-31(23(21)3)35-32-26(29(20-37(35)7)25-11-9-8-10-12-25)14-15-27-28-18-24(19-36(4,5)6)13-16-30(28)38(33)34(27)32/h8-18,20H,19H2,1-7H3/q+1. The van der Waals surface area contributed by atoms with E-state index in [0.29, 0.717) is 0 Å². The summed E-state index contributed by atoms with van der Waals surface area (Å²) in [4.78, 5) is 0. The van der Waals surface area contributed by atoms with Crippen LogP contribution in [0.25, 0.3) is 60.1 Å². The summed E-state index contributed by atoms with van der Waals surface area (Å²) in [6, 6.07) is 25.1. The first kappa shape index (κ1) is 23.2. The molecule has 0 saturated carbocycles. The van der Waals surface area contributed by atoms with Gasteiger partial charge in [-0.05, 0) is 72.6 Å². The molecule has 0 bridgehead atoms. The Balaban J connectivity index is 1.78. The molecule has 0 aliphatic heterocycles. The fourth-order valence-electron chi connectivity index (χ4n) is 6.88. The van der Waals surface area contributed by atoms with Gasteiger partial charge < -0.3 is 4.40 Å². The van der Waals surface area contributed by atoms with E-state index in [1.54, 1.807) is 0 Å². The zero-order valence-electron chi connectivity index (χ0n) is 23.5. The van der Waals surface area contributed by atoms with Crippen molar-refractivity contribution in [2.45, 2.75) is 48.0 Å². The highest BCUT2D eigenvalue weighted by atomic mass is 15.0. The Morgan fingerprint density at radius 3 is 2.21 bits per heavy atom. The second-order valence-electron chi connectivity index (χ2n) is 12.5. The Bertz CT molecular complexity index is 2050. The first-order valence-electron chi connectivity index (χ1n) is 13.7. The van der Waals surface area contributed by atoms with E-state index < -0.39 is 0 Å². The minimum atomic E-state index is 0.246. The molecule has 188 valence electrons. The number of hydrogen-bond acceptors (Lipinski definition) is 0. The van der Waals surface area contributed by atoms with Crippen LogP contribution < -0.4 is 4.57 Å². The summed E-state index contributed by atoms with van der Waals surface area (Å²) in [7, 11) is 2.22. The predicted molar refractivity (Wildman–Crippen MR) is 163 cm³/mol. The molecule has 0 atom stereocenters. The van der Waals surface area contributed by atoms with Gasteiger partial charge in [0.2, 0.25) is 5.52 Å². The van der Waals surface area contributed by atoms with Crippen LogP contribution in [0.5, 0.6) is 0 Å². The third-order valence-electron chi connectivity index (χ3n) is 8.49. The maximum atomic E-state index is 2.58. The van der Waals surface area contributed by atoms with E-state index in [1.165, 1.54) is 82.4 Å². The van der Waals surface area contributed by atoms with E-state index in [0.717, 1.165) is 6.42 Å². The Morgan fingerprint density at radius 2 is 1.47 bits per heavy atom. The number of aromatic nitrogens is 2. The molecule has 38 heavy (non-hydrogen) atoms. The van der Waals surface area contributed by atoms with Crippen LogP contribution >= 0.6 is 0 Å². The predicted octanol–water partition coefficient (Wildman–Crippen LogP) is 9.00. The van der Waals surface area contributed by atoms with Gasteiger partial charge in [0.25, 0.3) is 0 Å². The van der Waals surface area contributed by atoms with E-state index in [4.69, 9.17) is 0 Å². The van der Waals surface area contributed by atoms with E-state index >= 15 is 0 Å². The third-order valence-corrected chi connectivity index (χ3v) is 8.49. The molecule has 0 amide bonds. The van der Waals surface area contributed by atoms with Gasteiger partial charge in [-0.3, -0.25) is 0 Å². The van der Waals surface area contributed by atoms with Gasteiger partial charge in [0, 0.05) is 16.2 Å². The number of pyridine rings is 2. The molecule has 0 N–H and O–H groups in total. The topological polar surface area (TPSA) is 8.29 Å². The van der Waals surface area contributed by atoms with Crippen molar-refractivity contribution in [3.05, 3.63) is 95.2 Å². The van der Waals surface area contributed by atoms with Crippen LogP contribution in [0.3, 0.4) is 0 Å². The number of benzene rings is 4. The maximum Gasteiger partial charge on any atom is 0.224 e. The normalized spacial score (nSPS) is 12.7. The summed E-state index contributed by atoms with van der Waals surface area (Å²) in [5.41, 5.74) is 13.5. The fraction of sp³-hybridized carbons (Fsp3) is 0.250. The van der Waals surface area contributed by atoms with Crippen LogP contribution in [0.2, 0.25) is 0 Å². The quantitative estimate of drug-likeness (QED) is 0.128. The van der Waals surface area contributed by atoms with Crippen molar-refractivity contribution in [2.75, 3.05) is 0 Å². The number of hydrogen-bond donors (Lipinski definition) is 0. The highest BCUT2D eigenvalue weighted by molar-refractivity contribution is 6.29. The van der Waals surface area contributed by atoms with Gasteiger partial charge in [-0.15, -0.1) is 0 Å². The molecule has 7 aromatic rings. The fourth-order valence-corrected chi connectivity index (χ4v) is 6.88. The Hall–Kier alpha value is -3.91. The molecule has 0 radical (unpaired) electrons. The largest absolute Gasteiger partial charge is 0.307 e. The monoisotopic (exact) mass is 495 g/mol. The first-order chi connectivity index (χ1) is 18.1. The lowest BCUT2D eigenvalue weighted by Gasteiger charge is -2.18. The lowest BCUT2D eigenvalue weighted by Crippen LogP contribution is -2.30. The summed E-state index contributed by atoms with van der Waals surface area (Å²) >= 11 is 0. The summed E-state index contributed by atoms with van der Waals surface area (Å²) in [6.07, 6.45) is 3.40. The maximum absolute atomic E-state index is 2.58. The second kappa shape index (κ2) is 7.80. The van der Waals surface area contributed by atoms with Gasteiger partial charge in [0.1, 0.15) is 7.05 Å². The zero-order chi connectivity index (χ0) is 26.5. The van der Waals surface area contributed by atoms with Crippen LogP contribution in [0, 0.1) is 26.2 Å². The first-order valence-corrected chi connectivity index (χ1v) is 13.7. The Morgan fingerprint density at radius 1 is 0.737 bits per heavy atom. The number of nitrogens with zero attached hydrogens (tertiary/aromatic N) is 2. The van der Waals surface area contributed by atoms with Crippen LogP contribution in [0.1, 0.15) is 43.0 Å². The third kappa shape index (κ3) is 3.16. The average Bonchev–Trinajstić information content (AvgIpc) is 3.20. The molecule has 2 nitrogen and oxygen atoms in total. The van der Waals surface area contributed by atoms with E-state index in [1.807, 2.05) is 0 Å². The molecule has 2 heteroatoms. The van der Waals surface area contributed by atoms with E-state index in [9.17, 15) is 0 Å². The van der Waals surface area contributed by atoms with Crippen molar-refractivity contribution in [3.63, 3.8) is 0 Å². The second-order valence-corrected chi connectivity index (χ2v) is 12.5. The highest BCUT2D eigenvalue weighted by Crippen LogP contribution is 2.44. The van der Waals surface area contributed by atoms with Crippen molar-refractivity contribution < 1.29 is 4.57 Å². The van der Waals surface area contributed by atoms with E-state index in [-0.39, 0.29) is 5.41 Å². The van der Waals surface area contributed by atoms with Crippen molar-refractivity contribution in [2.24, 2.45) is 12.5 Å². The molecular formula is C36H35N2+. The van der Waals surface area contributed by atoms with Crippen LogP contribution in [-0.4, -0.2) is 4.40 Å². The number of fused-ring (bicyclic) bond motifs is 6. The van der Waals surface area contributed by atoms with Crippen LogP contribution in [-0.2, 0) is 13.5 Å². The molecule has 0 aliphatic carbocycles. The van der Waals surface area contributed by atoms with Crippen molar-refractivity contribution in [1.29, 1.82) is 0 Å². The van der Waals surface area contributed by atoms with Gasteiger partial charge in [0.15, 0.2) is 6.20 Å². The van der Waals surface area contributed by atoms with E-state index in [2.05, 4.69) is 130 Å². The van der Waals surface area contributed by atoms with Gasteiger partial charge in [-0.2, -0.15) is 4.57 Å². The lowest BCUT2D eigenvalue weighted by molar-refractivity contribution is -0.643. The molecule has 0 aliphatic rings. The molecule has 0 saturated heterocycles. The van der Waals surface area contributed by atoms with Gasteiger partial charge >= 0.3 is 0 Å². The lowest BCUT2D eigenvalue weighted by atomic mass is 9.87. The van der Waals surface area contributed by atoms with Crippen molar-refractivity contribution >= 4 is 49.0 Å². The Labute approximate surface area is 224 Å². The number of rotatable bonds is 2. The van der Waals surface area contributed by atoms with Crippen LogP contribution in [0.15, 0.2) is 72.9 Å². The summed E-state index contributed by atoms with van der Waals surface area (Å²) < 4.78 is 4.95. The van der Waals surface area contributed by atoms with Crippen molar-refractivity contribution in [1.82, 2.24) is 4.40 Å². The van der Waals surface area contributed by atoms with Crippen molar-refractivity contribution in [3.8, 4) is 11.1 Å². The van der Waals surface area contributed by atoms with Gasteiger partial charge in [0.05, 0.1) is 32.9 Å². The van der Waals surface area contributed by atoms with Crippen LogP contribution in [0.4, 0.5) is 0 Å². The van der Waals surface area contributed by atoms with Gasteiger partial charge in [-0.25, -0.2) is 0 Å². The summed E-state index contributed by atoms with van der Waals surface area (Å²) in [5, 5.41) is 6.75. The molecule has 4 aromatic carbocycles. The molecule has 3 aromatic heterocycles. The summed E-state index contributed by atoms with van der Waals surface area (Å²) in [5.74, 6) is 0. The molecule has 3 heterocycles. The molecular weight excluding hydrogens is 460 g/mol. The molecule has 0 fully saturated rings. The minimum absolute atomic E-state index is 0.246. The zero-order valence-corrected chi connectivity index (χ0v) is 23.5.